The second-order valence-corrected chi connectivity index (χ2v) is 8.55. The van der Waals surface area contributed by atoms with Gasteiger partial charge in [0.15, 0.2) is 0 Å². The van der Waals surface area contributed by atoms with Crippen molar-refractivity contribution in [1.82, 2.24) is 40.1 Å². The summed E-state index contributed by atoms with van der Waals surface area (Å²) >= 11 is 0. The fourth-order valence-corrected chi connectivity index (χ4v) is 4.23. The molecule has 0 unspecified atom stereocenters. The molecule has 1 aromatic carbocycles. The molecule has 0 spiro atoms. The summed E-state index contributed by atoms with van der Waals surface area (Å²) in [4.78, 5) is 10.1. The highest BCUT2D eigenvalue weighted by molar-refractivity contribution is 5.87. The maximum atomic E-state index is 12.7. The predicted molar refractivity (Wildman–Crippen MR) is 125 cm³/mol. The van der Waals surface area contributed by atoms with Crippen LogP contribution in [0, 0.1) is 0 Å². The van der Waals surface area contributed by atoms with Crippen LogP contribution in [0.5, 0.6) is 0 Å². The number of ether oxygens (including phenoxy) is 1. The summed E-state index contributed by atoms with van der Waals surface area (Å²) in [6.45, 7) is 4.67. The fourth-order valence-electron chi connectivity index (χ4n) is 4.23. The minimum atomic E-state index is -2.81. The molecule has 4 aromatic heterocycles. The largest absolute Gasteiger partial charge is 0.415 e. The summed E-state index contributed by atoms with van der Waals surface area (Å²) in [7, 11) is 0. The Morgan fingerprint density at radius 1 is 1.00 bits per heavy atom. The summed E-state index contributed by atoms with van der Waals surface area (Å²) in [6.07, 6.45) is 2.64. The summed E-state index contributed by atoms with van der Waals surface area (Å²) < 4.78 is 37.5. The molecule has 0 aliphatic carbocycles. The Kier molecular flexibility index (Phi) is 5.95. The smallest absolute Gasteiger partial charge is 0.314 e. The molecule has 0 saturated carbocycles. The van der Waals surface area contributed by atoms with E-state index in [0.717, 1.165) is 55.3 Å². The number of aromatic nitrogens is 7. The minimum absolute atomic E-state index is 0.000491. The van der Waals surface area contributed by atoms with E-state index in [1.54, 1.807) is 16.8 Å². The van der Waals surface area contributed by atoms with Gasteiger partial charge in [-0.3, -0.25) is 9.88 Å². The number of pyridine rings is 1. The van der Waals surface area contributed by atoms with Crippen LogP contribution in [0.15, 0.2) is 53.3 Å². The van der Waals surface area contributed by atoms with Crippen LogP contribution < -0.4 is 0 Å². The van der Waals surface area contributed by atoms with Crippen molar-refractivity contribution in [2.24, 2.45) is 0 Å². The van der Waals surface area contributed by atoms with E-state index in [-0.39, 0.29) is 5.89 Å². The number of fused-ring (bicyclic) bond motifs is 1. The lowest BCUT2D eigenvalue weighted by atomic mass is 10.1. The van der Waals surface area contributed by atoms with Crippen molar-refractivity contribution >= 4 is 10.9 Å². The number of nitrogens with zero attached hydrogens (tertiary/aromatic N) is 7. The Bertz CT molecular complexity index is 1470. The van der Waals surface area contributed by atoms with Crippen LogP contribution in [0.25, 0.3) is 33.6 Å². The van der Waals surface area contributed by atoms with Gasteiger partial charge in [0.05, 0.1) is 37.2 Å². The highest BCUT2D eigenvalue weighted by Gasteiger charge is 2.17. The molecule has 1 aliphatic rings. The number of benzene rings is 1. The molecule has 0 amide bonds. The van der Waals surface area contributed by atoms with Gasteiger partial charge in [-0.25, -0.2) is 4.68 Å². The van der Waals surface area contributed by atoms with E-state index in [9.17, 15) is 8.78 Å². The second-order valence-electron chi connectivity index (χ2n) is 8.55. The van der Waals surface area contributed by atoms with Crippen LogP contribution in [0.2, 0.25) is 0 Å². The van der Waals surface area contributed by atoms with Crippen LogP contribution >= 0.6 is 0 Å². The van der Waals surface area contributed by atoms with Crippen LogP contribution in [-0.4, -0.2) is 66.4 Å². The molecule has 36 heavy (non-hydrogen) atoms. The highest BCUT2D eigenvalue weighted by atomic mass is 19.3. The average molecular weight is 492 g/mol. The van der Waals surface area contributed by atoms with Crippen LogP contribution in [0.1, 0.15) is 23.6 Å². The molecular formula is C24H22F2N8O2. The molecule has 0 bridgehead atoms. The number of halogens is 2. The van der Waals surface area contributed by atoms with E-state index in [1.807, 2.05) is 12.3 Å². The maximum absolute atomic E-state index is 12.7. The number of rotatable bonds is 7. The van der Waals surface area contributed by atoms with Gasteiger partial charge in [0.2, 0.25) is 5.89 Å². The zero-order valence-corrected chi connectivity index (χ0v) is 19.1. The van der Waals surface area contributed by atoms with Gasteiger partial charge in [0.1, 0.15) is 5.69 Å². The number of aromatic amines is 1. The first kappa shape index (κ1) is 22.4. The number of nitrogens with one attached hydrogen (secondary N) is 1. The van der Waals surface area contributed by atoms with Gasteiger partial charge in [-0.15, -0.1) is 15.3 Å². The van der Waals surface area contributed by atoms with E-state index in [4.69, 9.17) is 9.15 Å². The third-order valence-corrected chi connectivity index (χ3v) is 6.12. The highest BCUT2D eigenvalue weighted by Crippen LogP contribution is 2.27. The van der Waals surface area contributed by atoms with Crippen LogP contribution in [0.3, 0.4) is 0 Å². The predicted octanol–water partition coefficient (Wildman–Crippen LogP) is 3.69. The summed E-state index contributed by atoms with van der Waals surface area (Å²) in [5, 5.41) is 16.7. The van der Waals surface area contributed by atoms with Crippen LogP contribution in [-0.2, 0) is 17.8 Å². The first-order chi connectivity index (χ1) is 17.6. The molecular weight excluding hydrogens is 470 g/mol. The van der Waals surface area contributed by atoms with Crippen molar-refractivity contribution in [2.75, 3.05) is 26.3 Å². The first-order valence-corrected chi connectivity index (χ1v) is 11.5. The summed E-state index contributed by atoms with van der Waals surface area (Å²) in [5.41, 5.74) is 5.25. The van der Waals surface area contributed by atoms with Crippen molar-refractivity contribution < 1.29 is 17.9 Å². The Labute approximate surface area is 203 Å². The van der Waals surface area contributed by atoms with Gasteiger partial charge >= 0.3 is 6.43 Å². The van der Waals surface area contributed by atoms with E-state index in [1.165, 1.54) is 17.1 Å². The third kappa shape index (κ3) is 4.60. The van der Waals surface area contributed by atoms with Gasteiger partial charge in [-0.05, 0) is 29.8 Å². The molecule has 12 heteroatoms. The Balaban J connectivity index is 1.17. The molecule has 5 heterocycles. The zero-order valence-electron chi connectivity index (χ0n) is 19.1. The maximum Gasteiger partial charge on any atom is 0.314 e. The Morgan fingerprint density at radius 2 is 1.86 bits per heavy atom. The van der Waals surface area contributed by atoms with Crippen molar-refractivity contribution in [3.63, 3.8) is 0 Å². The molecule has 1 saturated heterocycles. The summed E-state index contributed by atoms with van der Waals surface area (Å²) in [6, 6.07) is 9.67. The quantitative estimate of drug-likeness (QED) is 0.366. The monoisotopic (exact) mass is 492 g/mol. The molecule has 5 aromatic rings. The van der Waals surface area contributed by atoms with Gasteiger partial charge in [-0.2, -0.15) is 8.78 Å². The van der Waals surface area contributed by atoms with Crippen molar-refractivity contribution in [2.45, 2.75) is 19.5 Å². The lowest BCUT2D eigenvalue weighted by Crippen LogP contribution is -2.35. The number of alkyl halides is 2. The Morgan fingerprint density at radius 3 is 2.64 bits per heavy atom. The second kappa shape index (κ2) is 9.55. The normalized spacial score (nSPS) is 14.8. The van der Waals surface area contributed by atoms with Crippen molar-refractivity contribution in [3.8, 4) is 22.7 Å². The fraction of sp³-hybridized carbons (Fsp3) is 0.292. The lowest BCUT2D eigenvalue weighted by Gasteiger charge is -2.26. The molecule has 1 aliphatic heterocycles. The van der Waals surface area contributed by atoms with Gasteiger partial charge in [0.25, 0.3) is 5.89 Å². The van der Waals surface area contributed by atoms with Crippen LogP contribution in [0.4, 0.5) is 8.78 Å². The zero-order chi connectivity index (χ0) is 24.5. The molecule has 0 radical (unpaired) electrons. The minimum Gasteiger partial charge on any atom is -0.415 e. The third-order valence-electron chi connectivity index (χ3n) is 6.12. The van der Waals surface area contributed by atoms with E-state index >= 15 is 0 Å². The first-order valence-electron chi connectivity index (χ1n) is 11.5. The van der Waals surface area contributed by atoms with Crippen molar-refractivity contribution in [3.05, 3.63) is 66.1 Å². The number of hydrogen-bond acceptors (Lipinski definition) is 8. The average Bonchev–Trinajstić information content (AvgIpc) is 3.66. The number of hydrogen-bond donors (Lipinski definition) is 1. The van der Waals surface area contributed by atoms with Gasteiger partial charge in [-0.1, -0.05) is 11.3 Å². The van der Waals surface area contributed by atoms with Crippen molar-refractivity contribution in [1.29, 1.82) is 0 Å². The number of morpholine rings is 1. The van der Waals surface area contributed by atoms with E-state index in [2.05, 4.69) is 53.7 Å². The van der Waals surface area contributed by atoms with Gasteiger partial charge in [0, 0.05) is 48.5 Å². The molecule has 0 atom stereocenters. The summed E-state index contributed by atoms with van der Waals surface area (Å²) in [5.74, 6) is -0.712. The molecule has 10 nitrogen and oxygen atoms in total. The molecule has 6 rings (SSSR count). The Hall–Kier alpha value is -4.03. The molecule has 184 valence electrons. The van der Waals surface area contributed by atoms with Gasteiger partial charge < -0.3 is 14.1 Å². The molecule has 1 N–H and O–H groups in total. The molecule has 1 fully saturated rings. The topological polar surface area (TPSA) is 111 Å². The standard InChI is InChI=1S/C24H22F2N8O2/c25-22(26)24-31-30-23(36-24)16-1-3-18(27-10-16)13-34-14-21(29-32-34)15-2-4-20-19(9-15)17(11-28-20)12-33-5-7-35-8-6-33/h1-4,9-11,14,22,28H,5-8,12-13H2. The number of H-pyrrole nitrogens is 1. The van der Waals surface area contributed by atoms with E-state index < -0.39 is 12.3 Å². The SMILES string of the molecule is FC(F)c1nnc(-c2ccc(Cn3cc(-c4ccc5[nH]cc(CN6CCOCC6)c5c4)nn3)nc2)o1. The van der Waals surface area contributed by atoms with E-state index in [0.29, 0.717) is 12.1 Å². The lowest BCUT2D eigenvalue weighted by molar-refractivity contribution is 0.0343.